The van der Waals surface area contributed by atoms with Crippen molar-refractivity contribution in [2.75, 3.05) is 12.3 Å². The van der Waals surface area contributed by atoms with Gasteiger partial charge in [0.2, 0.25) is 0 Å². The second-order valence-corrected chi connectivity index (χ2v) is 4.52. The van der Waals surface area contributed by atoms with Gasteiger partial charge in [0.25, 0.3) is 5.91 Å². The number of hydrogen-bond donors (Lipinski definition) is 3. The Balaban J connectivity index is 2.19. The molecule has 2 aromatic carbocycles. The minimum absolute atomic E-state index is 0.0528. The summed E-state index contributed by atoms with van der Waals surface area (Å²) in [4.78, 5) is 11.7. The molecule has 0 fully saturated rings. The molecule has 2 aromatic rings. The molecule has 5 heteroatoms. The molecule has 21 heavy (non-hydrogen) atoms. The van der Waals surface area contributed by atoms with Crippen LogP contribution >= 0.6 is 0 Å². The highest BCUT2D eigenvalue weighted by Crippen LogP contribution is 2.28. The van der Waals surface area contributed by atoms with Gasteiger partial charge in [0.15, 0.2) is 0 Å². The number of carbonyl (C=O) groups is 1. The number of nitrogens with one attached hydrogen (secondary N) is 1. The highest BCUT2D eigenvalue weighted by atomic mass is 16.5. The maximum Gasteiger partial charge on any atom is 0.251 e. The number of ether oxygens (including phenoxy) is 1. The molecule has 0 aliphatic heterocycles. The second-order valence-electron chi connectivity index (χ2n) is 4.52. The predicted octanol–water partition coefficient (Wildman–Crippen LogP) is 2.30. The fourth-order valence-electron chi connectivity index (χ4n) is 1.88. The zero-order valence-electron chi connectivity index (χ0n) is 11.8. The second kappa shape index (κ2) is 6.76. The van der Waals surface area contributed by atoms with E-state index in [1.54, 1.807) is 42.5 Å². The monoisotopic (exact) mass is 286 g/mol. The topological polar surface area (TPSA) is 84.6 Å². The average Bonchev–Trinajstić information content (AvgIpc) is 2.49. The van der Waals surface area contributed by atoms with Crippen molar-refractivity contribution in [2.24, 2.45) is 0 Å². The van der Waals surface area contributed by atoms with Crippen molar-refractivity contribution in [1.29, 1.82) is 0 Å². The van der Waals surface area contributed by atoms with E-state index in [-0.39, 0.29) is 12.5 Å². The summed E-state index contributed by atoms with van der Waals surface area (Å²) in [6.07, 6.45) is 0. The third-order valence-corrected chi connectivity index (χ3v) is 2.92. The fourth-order valence-corrected chi connectivity index (χ4v) is 1.88. The van der Waals surface area contributed by atoms with Crippen LogP contribution in [0.25, 0.3) is 0 Å². The van der Waals surface area contributed by atoms with E-state index in [2.05, 4.69) is 5.32 Å². The van der Waals surface area contributed by atoms with Gasteiger partial charge in [0.05, 0.1) is 12.3 Å². The Hall–Kier alpha value is -2.53. The van der Waals surface area contributed by atoms with Crippen LogP contribution in [0.1, 0.15) is 22.8 Å². The molecule has 1 amide bonds. The third-order valence-electron chi connectivity index (χ3n) is 2.92. The first-order valence-electron chi connectivity index (χ1n) is 6.69. The lowest BCUT2D eigenvalue weighted by Gasteiger charge is -2.10. The van der Waals surface area contributed by atoms with Crippen LogP contribution < -0.4 is 15.8 Å². The summed E-state index contributed by atoms with van der Waals surface area (Å²) < 4.78 is 5.68. The molecule has 0 saturated heterocycles. The SMILES string of the molecule is CCNC(=O)c1ccc(Oc2cccc(CO)c2)c(N)c1. The minimum atomic E-state index is -0.168. The summed E-state index contributed by atoms with van der Waals surface area (Å²) in [6, 6.07) is 12.0. The van der Waals surface area contributed by atoms with Crippen LogP contribution in [0.3, 0.4) is 0 Å². The Labute approximate surface area is 123 Å². The number of rotatable bonds is 5. The molecule has 0 aromatic heterocycles. The van der Waals surface area contributed by atoms with Gasteiger partial charge in [0.1, 0.15) is 11.5 Å². The molecule has 0 spiro atoms. The van der Waals surface area contributed by atoms with E-state index in [4.69, 9.17) is 15.6 Å². The van der Waals surface area contributed by atoms with Gasteiger partial charge in [-0.1, -0.05) is 12.1 Å². The van der Waals surface area contributed by atoms with Crippen LogP contribution in [0.4, 0.5) is 5.69 Å². The van der Waals surface area contributed by atoms with Gasteiger partial charge in [-0.3, -0.25) is 4.79 Å². The van der Waals surface area contributed by atoms with E-state index in [0.717, 1.165) is 5.56 Å². The highest BCUT2D eigenvalue weighted by Gasteiger charge is 2.09. The van der Waals surface area contributed by atoms with Crippen molar-refractivity contribution in [3.05, 3.63) is 53.6 Å². The number of carbonyl (C=O) groups excluding carboxylic acids is 1. The van der Waals surface area contributed by atoms with Crippen molar-refractivity contribution in [3.63, 3.8) is 0 Å². The van der Waals surface area contributed by atoms with E-state index in [0.29, 0.717) is 29.3 Å². The molecule has 0 atom stereocenters. The number of anilines is 1. The van der Waals surface area contributed by atoms with E-state index in [9.17, 15) is 4.79 Å². The number of aliphatic hydroxyl groups excluding tert-OH is 1. The van der Waals surface area contributed by atoms with Gasteiger partial charge in [0, 0.05) is 12.1 Å². The molecule has 5 nitrogen and oxygen atoms in total. The van der Waals surface area contributed by atoms with Crippen LogP contribution in [0.5, 0.6) is 11.5 Å². The Morgan fingerprint density at radius 1 is 1.29 bits per heavy atom. The summed E-state index contributed by atoms with van der Waals surface area (Å²) in [7, 11) is 0. The standard InChI is InChI=1S/C16H18N2O3/c1-2-18-16(20)12-6-7-15(14(17)9-12)21-13-5-3-4-11(8-13)10-19/h3-9,19H,2,10,17H2,1H3,(H,18,20). The van der Waals surface area contributed by atoms with Crippen LogP contribution in [-0.4, -0.2) is 17.6 Å². The summed E-state index contributed by atoms with van der Waals surface area (Å²) >= 11 is 0. The summed E-state index contributed by atoms with van der Waals surface area (Å²) in [6.45, 7) is 2.36. The number of amides is 1. The fraction of sp³-hybridized carbons (Fsp3) is 0.188. The van der Waals surface area contributed by atoms with E-state index < -0.39 is 0 Å². The third kappa shape index (κ3) is 3.73. The predicted molar refractivity (Wildman–Crippen MR) is 81.3 cm³/mol. The first kappa shape index (κ1) is 14.9. The number of aliphatic hydroxyl groups is 1. The van der Waals surface area contributed by atoms with Gasteiger partial charge < -0.3 is 20.9 Å². The molecule has 4 N–H and O–H groups in total. The molecule has 0 aliphatic rings. The lowest BCUT2D eigenvalue weighted by Crippen LogP contribution is -2.22. The molecular weight excluding hydrogens is 268 g/mol. The molecule has 110 valence electrons. The van der Waals surface area contributed by atoms with Gasteiger partial charge in [-0.05, 0) is 42.8 Å². The van der Waals surface area contributed by atoms with Gasteiger partial charge >= 0.3 is 0 Å². The Kier molecular flexibility index (Phi) is 4.79. The Morgan fingerprint density at radius 3 is 2.76 bits per heavy atom. The van der Waals surface area contributed by atoms with Gasteiger partial charge in [-0.25, -0.2) is 0 Å². The number of hydrogen-bond acceptors (Lipinski definition) is 4. The summed E-state index contributed by atoms with van der Waals surface area (Å²) in [5, 5.41) is 11.8. The van der Waals surface area contributed by atoms with Crippen molar-refractivity contribution < 1.29 is 14.6 Å². The number of benzene rings is 2. The molecule has 0 unspecified atom stereocenters. The Bertz CT molecular complexity index is 641. The molecule has 0 radical (unpaired) electrons. The first-order valence-corrected chi connectivity index (χ1v) is 6.69. The molecule has 0 saturated carbocycles. The lowest BCUT2D eigenvalue weighted by molar-refractivity contribution is 0.0956. The van der Waals surface area contributed by atoms with E-state index >= 15 is 0 Å². The average molecular weight is 286 g/mol. The summed E-state index contributed by atoms with van der Waals surface area (Å²) in [5.41, 5.74) is 7.55. The highest BCUT2D eigenvalue weighted by molar-refractivity contribution is 5.95. The largest absolute Gasteiger partial charge is 0.455 e. The van der Waals surface area contributed by atoms with Gasteiger partial charge in [-0.15, -0.1) is 0 Å². The van der Waals surface area contributed by atoms with Gasteiger partial charge in [-0.2, -0.15) is 0 Å². The first-order chi connectivity index (χ1) is 10.1. The smallest absolute Gasteiger partial charge is 0.251 e. The molecule has 2 rings (SSSR count). The number of nitrogens with two attached hydrogens (primary N) is 1. The molecule has 0 aliphatic carbocycles. The van der Waals surface area contributed by atoms with Crippen molar-refractivity contribution in [3.8, 4) is 11.5 Å². The quantitative estimate of drug-likeness (QED) is 0.736. The zero-order valence-corrected chi connectivity index (χ0v) is 11.8. The normalized spacial score (nSPS) is 10.2. The summed E-state index contributed by atoms with van der Waals surface area (Å²) in [5.74, 6) is 0.884. The van der Waals surface area contributed by atoms with Crippen molar-refractivity contribution in [2.45, 2.75) is 13.5 Å². The maximum absolute atomic E-state index is 11.7. The van der Waals surface area contributed by atoms with E-state index in [1.165, 1.54) is 0 Å². The van der Waals surface area contributed by atoms with Crippen molar-refractivity contribution >= 4 is 11.6 Å². The van der Waals surface area contributed by atoms with Crippen LogP contribution in [0.15, 0.2) is 42.5 Å². The number of nitrogen functional groups attached to an aromatic ring is 1. The van der Waals surface area contributed by atoms with Crippen LogP contribution in [-0.2, 0) is 6.61 Å². The van der Waals surface area contributed by atoms with E-state index in [1.807, 2.05) is 6.92 Å². The van der Waals surface area contributed by atoms with Crippen LogP contribution in [0.2, 0.25) is 0 Å². The van der Waals surface area contributed by atoms with Crippen molar-refractivity contribution in [1.82, 2.24) is 5.32 Å². The Morgan fingerprint density at radius 2 is 2.10 bits per heavy atom. The molecule has 0 bridgehead atoms. The molecular formula is C16H18N2O3. The molecule has 0 heterocycles. The maximum atomic E-state index is 11.7. The lowest BCUT2D eigenvalue weighted by atomic mass is 10.1. The van der Waals surface area contributed by atoms with Crippen LogP contribution in [0, 0.1) is 0 Å². The minimum Gasteiger partial charge on any atom is -0.455 e. The zero-order chi connectivity index (χ0) is 15.2.